The van der Waals surface area contributed by atoms with Crippen LogP contribution in [0, 0.1) is 6.92 Å². The van der Waals surface area contributed by atoms with Gasteiger partial charge in [0.05, 0.1) is 16.8 Å². The van der Waals surface area contributed by atoms with Gasteiger partial charge in [0.1, 0.15) is 0 Å². The summed E-state index contributed by atoms with van der Waals surface area (Å²) in [6.45, 7) is 3.86. The van der Waals surface area contributed by atoms with Crippen molar-refractivity contribution in [2.75, 3.05) is 11.9 Å². The van der Waals surface area contributed by atoms with Crippen molar-refractivity contribution in [2.45, 2.75) is 19.5 Å². The van der Waals surface area contributed by atoms with Crippen LogP contribution in [0.5, 0.6) is 0 Å². The number of halogens is 1. The molecule has 5 heteroatoms. The molecule has 0 spiro atoms. The third-order valence-electron chi connectivity index (χ3n) is 4.81. The highest BCUT2D eigenvalue weighted by molar-refractivity contribution is 7.80. The van der Waals surface area contributed by atoms with Gasteiger partial charge in [-0.05, 0) is 49.0 Å². The maximum atomic E-state index is 6.30. The molecule has 1 N–H and O–H groups in total. The van der Waals surface area contributed by atoms with E-state index in [1.54, 1.807) is 0 Å². The van der Waals surface area contributed by atoms with Crippen molar-refractivity contribution in [3.05, 3.63) is 88.7 Å². The van der Waals surface area contributed by atoms with E-state index in [-0.39, 0.29) is 6.04 Å². The second-order valence-electron chi connectivity index (χ2n) is 6.54. The lowest BCUT2D eigenvalue weighted by Gasteiger charge is -2.39. The average molecular weight is 382 g/mol. The van der Waals surface area contributed by atoms with E-state index in [0.29, 0.717) is 10.1 Å². The Morgan fingerprint density at radius 2 is 1.81 bits per heavy atom. The van der Waals surface area contributed by atoms with Crippen molar-refractivity contribution in [3.63, 3.8) is 0 Å². The minimum absolute atomic E-state index is 0.0850. The van der Waals surface area contributed by atoms with E-state index in [4.69, 9.17) is 23.8 Å². The molecule has 0 unspecified atom stereocenters. The van der Waals surface area contributed by atoms with Crippen molar-refractivity contribution in [1.29, 1.82) is 0 Å². The number of benzene rings is 2. The fourth-order valence-electron chi connectivity index (χ4n) is 3.45. The van der Waals surface area contributed by atoms with Crippen LogP contribution in [0.25, 0.3) is 0 Å². The summed E-state index contributed by atoms with van der Waals surface area (Å²) >= 11 is 12.1. The lowest BCUT2D eigenvalue weighted by Crippen LogP contribution is -2.44. The Bertz CT molecular complexity index is 932. The molecule has 0 fully saturated rings. The van der Waals surface area contributed by atoms with Gasteiger partial charge in [0.25, 0.3) is 0 Å². The van der Waals surface area contributed by atoms with Gasteiger partial charge in [0, 0.05) is 25.0 Å². The summed E-state index contributed by atoms with van der Waals surface area (Å²) in [6.07, 6.45) is 2.14. The van der Waals surface area contributed by atoms with E-state index in [0.717, 1.165) is 18.8 Å². The van der Waals surface area contributed by atoms with Crippen LogP contribution >= 0.6 is 23.8 Å². The number of hydrogen-bond donors (Lipinski definition) is 1. The van der Waals surface area contributed by atoms with Crippen LogP contribution in [0.2, 0.25) is 5.02 Å². The molecule has 1 aliphatic rings. The number of nitrogens with zero attached hydrogens (tertiary/aromatic N) is 2. The lowest BCUT2D eigenvalue weighted by molar-refractivity contribution is 0.293. The largest absolute Gasteiger partial charge is 0.348 e. The number of para-hydroxylation sites is 1. The van der Waals surface area contributed by atoms with Crippen LogP contribution in [0.4, 0.5) is 5.69 Å². The molecular formula is C21H20ClN3S. The predicted molar refractivity (Wildman–Crippen MR) is 112 cm³/mol. The monoisotopic (exact) mass is 381 g/mol. The first-order chi connectivity index (χ1) is 12.6. The summed E-state index contributed by atoms with van der Waals surface area (Å²) in [5.74, 6) is 0. The summed E-state index contributed by atoms with van der Waals surface area (Å²) < 4.78 is 2.30. The molecule has 0 bridgehead atoms. The fourth-order valence-corrected chi connectivity index (χ4v) is 3.94. The molecular weight excluding hydrogens is 362 g/mol. The normalized spacial score (nSPS) is 16.2. The summed E-state index contributed by atoms with van der Waals surface area (Å²) in [6, 6.07) is 20.7. The van der Waals surface area contributed by atoms with Crippen LogP contribution in [0.15, 0.2) is 66.9 Å². The van der Waals surface area contributed by atoms with E-state index < -0.39 is 0 Å². The standard InChI is InChI=1S/C21H20ClN3S/c1-15-8-10-16(11-9-15)20-19-7-4-12-24(19)13-14-25(20)21(26)23-18-6-3-2-5-17(18)22/h2-12,20H,13-14H2,1H3,(H,23,26)/t20-/m1/s1. The molecule has 1 atom stereocenters. The van der Waals surface area contributed by atoms with E-state index in [2.05, 4.69) is 64.3 Å². The van der Waals surface area contributed by atoms with Gasteiger partial charge in [-0.25, -0.2) is 0 Å². The van der Waals surface area contributed by atoms with Gasteiger partial charge in [-0.3, -0.25) is 0 Å². The Balaban J connectivity index is 1.68. The Labute approximate surface area is 164 Å². The fraction of sp³-hybridized carbons (Fsp3) is 0.190. The molecule has 132 valence electrons. The van der Waals surface area contributed by atoms with Crippen LogP contribution in [-0.2, 0) is 6.54 Å². The number of aromatic nitrogens is 1. The zero-order chi connectivity index (χ0) is 18.1. The molecule has 1 aromatic heterocycles. The first-order valence-electron chi connectivity index (χ1n) is 8.67. The number of anilines is 1. The van der Waals surface area contributed by atoms with Gasteiger partial charge in [-0.15, -0.1) is 0 Å². The molecule has 3 nitrogen and oxygen atoms in total. The third kappa shape index (κ3) is 3.22. The van der Waals surface area contributed by atoms with E-state index in [9.17, 15) is 0 Å². The summed E-state index contributed by atoms with van der Waals surface area (Å²) in [7, 11) is 0. The topological polar surface area (TPSA) is 20.2 Å². The zero-order valence-electron chi connectivity index (χ0n) is 14.5. The summed E-state index contributed by atoms with van der Waals surface area (Å²) in [4.78, 5) is 2.25. The van der Waals surface area contributed by atoms with E-state index >= 15 is 0 Å². The minimum atomic E-state index is 0.0850. The molecule has 0 saturated carbocycles. The van der Waals surface area contributed by atoms with Gasteiger partial charge in [-0.2, -0.15) is 0 Å². The number of aryl methyl sites for hydroxylation is 1. The molecule has 3 aromatic rings. The van der Waals surface area contributed by atoms with E-state index in [1.165, 1.54) is 16.8 Å². The van der Waals surface area contributed by atoms with Gasteiger partial charge in [0.15, 0.2) is 5.11 Å². The number of fused-ring (bicyclic) bond motifs is 1. The Kier molecular flexibility index (Phi) is 4.70. The van der Waals surface area contributed by atoms with Crippen molar-refractivity contribution >= 4 is 34.6 Å². The first-order valence-corrected chi connectivity index (χ1v) is 9.46. The molecule has 2 aromatic carbocycles. The highest BCUT2D eigenvalue weighted by Crippen LogP contribution is 2.33. The quantitative estimate of drug-likeness (QED) is 0.612. The maximum Gasteiger partial charge on any atom is 0.174 e. The molecule has 26 heavy (non-hydrogen) atoms. The molecule has 1 aliphatic heterocycles. The summed E-state index contributed by atoms with van der Waals surface area (Å²) in [5.41, 5.74) is 4.58. The highest BCUT2D eigenvalue weighted by Gasteiger charge is 2.30. The summed E-state index contributed by atoms with van der Waals surface area (Å²) in [5, 5.41) is 4.69. The van der Waals surface area contributed by atoms with Crippen molar-refractivity contribution in [3.8, 4) is 0 Å². The molecule has 0 amide bonds. The number of nitrogens with one attached hydrogen (secondary N) is 1. The maximum absolute atomic E-state index is 6.30. The number of hydrogen-bond acceptors (Lipinski definition) is 1. The second kappa shape index (κ2) is 7.14. The van der Waals surface area contributed by atoms with Gasteiger partial charge in [0.2, 0.25) is 0 Å². The zero-order valence-corrected chi connectivity index (χ0v) is 16.1. The van der Waals surface area contributed by atoms with Gasteiger partial charge < -0.3 is 14.8 Å². The third-order valence-corrected chi connectivity index (χ3v) is 5.47. The van der Waals surface area contributed by atoms with Gasteiger partial charge >= 0.3 is 0 Å². The SMILES string of the molecule is Cc1ccc([C@@H]2c3cccn3CCN2C(=S)Nc2ccccc2Cl)cc1. The predicted octanol–water partition coefficient (Wildman–Crippen LogP) is 5.25. The minimum Gasteiger partial charge on any atom is -0.348 e. The van der Waals surface area contributed by atoms with Crippen LogP contribution in [0.1, 0.15) is 22.9 Å². The smallest absolute Gasteiger partial charge is 0.174 e. The molecule has 0 aliphatic carbocycles. The Morgan fingerprint density at radius 3 is 2.58 bits per heavy atom. The molecule has 4 rings (SSSR count). The van der Waals surface area contributed by atoms with Crippen molar-refractivity contribution in [2.24, 2.45) is 0 Å². The van der Waals surface area contributed by atoms with Gasteiger partial charge in [-0.1, -0.05) is 53.6 Å². The Hall–Kier alpha value is -2.30. The number of rotatable bonds is 2. The molecule has 0 saturated heterocycles. The second-order valence-corrected chi connectivity index (χ2v) is 7.34. The average Bonchev–Trinajstić information content (AvgIpc) is 3.12. The Morgan fingerprint density at radius 1 is 1.04 bits per heavy atom. The number of thiocarbonyl (C=S) groups is 1. The first kappa shape index (κ1) is 17.1. The van der Waals surface area contributed by atoms with Crippen molar-refractivity contribution < 1.29 is 0 Å². The van der Waals surface area contributed by atoms with Crippen LogP contribution in [0.3, 0.4) is 0 Å². The van der Waals surface area contributed by atoms with E-state index in [1.807, 2.05) is 24.3 Å². The van der Waals surface area contributed by atoms with Crippen LogP contribution in [-0.4, -0.2) is 21.1 Å². The van der Waals surface area contributed by atoms with Crippen molar-refractivity contribution in [1.82, 2.24) is 9.47 Å². The highest BCUT2D eigenvalue weighted by atomic mass is 35.5. The molecule has 2 heterocycles. The lowest BCUT2D eigenvalue weighted by atomic mass is 9.99. The van der Waals surface area contributed by atoms with Crippen LogP contribution < -0.4 is 5.32 Å². The molecule has 0 radical (unpaired) electrons.